The van der Waals surface area contributed by atoms with E-state index in [1.165, 1.54) is 31.0 Å². The van der Waals surface area contributed by atoms with E-state index in [9.17, 15) is 19.5 Å². The van der Waals surface area contributed by atoms with Crippen LogP contribution in [0.1, 0.15) is 21.5 Å². The number of benzene rings is 4. The second-order valence-electron chi connectivity index (χ2n) is 9.83. The first-order valence-corrected chi connectivity index (χ1v) is 15.7. The molecule has 46 heavy (non-hydrogen) atoms. The average molecular weight is 750 g/mol. The number of hydrogen-bond acceptors (Lipinski definition) is 8. The van der Waals surface area contributed by atoms with Gasteiger partial charge in [0.25, 0.3) is 11.8 Å². The largest absolute Gasteiger partial charge is 0.497 e. The molecule has 0 radical (unpaired) electrons. The lowest BCUT2D eigenvalue weighted by Gasteiger charge is -2.16. The van der Waals surface area contributed by atoms with Gasteiger partial charge in [-0.25, -0.2) is 9.79 Å². The predicted molar refractivity (Wildman–Crippen MR) is 186 cm³/mol. The molecule has 1 heterocycles. The van der Waals surface area contributed by atoms with Crippen molar-refractivity contribution in [3.63, 3.8) is 0 Å². The quantitative estimate of drug-likeness (QED) is 0.126. The third-order valence-electron chi connectivity index (χ3n) is 6.68. The number of thioether (sulfide) groups is 1. The van der Waals surface area contributed by atoms with Gasteiger partial charge in [-0.1, -0.05) is 30.3 Å². The second kappa shape index (κ2) is 15.0. The summed E-state index contributed by atoms with van der Waals surface area (Å²) in [5.41, 5.74) is 2.90. The standard InChI is InChI=1S/C34H28IN3O7S/c1-43-26-14-12-25(13-15-26)37-34-38(19-21-8-10-23(11-9-21)33(41)42)32(40)29(46-34)18-22-16-27(35)31(28(17-22)44-2)45-20-30(39)36-24-6-4-3-5-7-24/h3-18H,19-20H2,1-2H3,(H,36,39)(H,41,42)/b29-18-,37-34?. The van der Waals surface area contributed by atoms with Crippen molar-refractivity contribution in [1.82, 2.24) is 4.90 Å². The Balaban J connectivity index is 1.40. The summed E-state index contributed by atoms with van der Waals surface area (Å²) in [6.45, 7) is -0.0274. The van der Waals surface area contributed by atoms with E-state index in [1.54, 1.807) is 72.7 Å². The van der Waals surface area contributed by atoms with Crippen molar-refractivity contribution in [1.29, 1.82) is 0 Å². The molecule has 2 amide bonds. The van der Waals surface area contributed by atoms with Crippen LogP contribution < -0.4 is 19.5 Å². The van der Waals surface area contributed by atoms with Crippen molar-refractivity contribution in [3.05, 3.63) is 116 Å². The number of anilines is 1. The molecule has 1 aliphatic heterocycles. The molecule has 234 valence electrons. The molecule has 12 heteroatoms. The van der Waals surface area contributed by atoms with E-state index in [0.717, 1.165) is 5.56 Å². The molecular formula is C34H28IN3O7S. The summed E-state index contributed by atoms with van der Waals surface area (Å²) in [5.74, 6) is -0.0987. The fraction of sp³-hybridized carbons (Fsp3) is 0.118. The normalized spacial score (nSPS) is 14.4. The molecule has 2 N–H and O–H groups in total. The minimum Gasteiger partial charge on any atom is -0.497 e. The van der Waals surface area contributed by atoms with Gasteiger partial charge in [-0.15, -0.1) is 0 Å². The van der Waals surface area contributed by atoms with Crippen LogP contribution in [0.25, 0.3) is 6.08 Å². The third-order valence-corrected chi connectivity index (χ3v) is 8.49. The summed E-state index contributed by atoms with van der Waals surface area (Å²) in [7, 11) is 3.09. The molecule has 10 nitrogen and oxygen atoms in total. The van der Waals surface area contributed by atoms with Crippen LogP contribution in [-0.2, 0) is 16.1 Å². The summed E-state index contributed by atoms with van der Waals surface area (Å²) < 4.78 is 17.4. The Hall–Kier alpha value is -4.82. The average Bonchev–Trinajstić information content (AvgIpc) is 3.33. The minimum absolute atomic E-state index is 0.159. The number of nitrogens with one attached hydrogen (secondary N) is 1. The molecule has 0 aromatic heterocycles. The third kappa shape index (κ3) is 8.06. The van der Waals surface area contributed by atoms with Gasteiger partial charge in [0.15, 0.2) is 23.3 Å². The van der Waals surface area contributed by atoms with E-state index in [-0.39, 0.29) is 30.5 Å². The first kappa shape index (κ1) is 32.6. The smallest absolute Gasteiger partial charge is 0.335 e. The Bertz CT molecular complexity index is 1810. The molecule has 0 bridgehead atoms. The van der Waals surface area contributed by atoms with Crippen molar-refractivity contribution in [2.45, 2.75) is 6.54 Å². The lowest BCUT2D eigenvalue weighted by molar-refractivity contribution is -0.122. The van der Waals surface area contributed by atoms with Crippen molar-refractivity contribution in [2.75, 3.05) is 26.1 Å². The summed E-state index contributed by atoms with van der Waals surface area (Å²) >= 11 is 3.33. The van der Waals surface area contributed by atoms with E-state index >= 15 is 0 Å². The van der Waals surface area contributed by atoms with Crippen molar-refractivity contribution in [3.8, 4) is 17.2 Å². The van der Waals surface area contributed by atoms with Crippen molar-refractivity contribution >= 4 is 74.8 Å². The minimum atomic E-state index is -1.02. The monoisotopic (exact) mass is 749 g/mol. The van der Waals surface area contributed by atoms with Gasteiger partial charge < -0.3 is 24.6 Å². The van der Waals surface area contributed by atoms with E-state index < -0.39 is 5.97 Å². The maximum absolute atomic E-state index is 13.8. The van der Waals surface area contributed by atoms with E-state index in [0.29, 0.717) is 47.8 Å². The molecule has 1 fully saturated rings. The Labute approximate surface area is 283 Å². The molecule has 0 aliphatic carbocycles. The van der Waals surface area contributed by atoms with Gasteiger partial charge in [0.2, 0.25) is 0 Å². The maximum Gasteiger partial charge on any atom is 0.335 e. The van der Waals surface area contributed by atoms with Crippen molar-refractivity contribution in [2.24, 2.45) is 4.99 Å². The number of nitrogens with zero attached hydrogens (tertiary/aromatic N) is 2. The first-order valence-electron chi connectivity index (χ1n) is 13.9. The molecule has 1 aliphatic rings. The Morgan fingerprint density at radius 2 is 1.70 bits per heavy atom. The van der Waals surface area contributed by atoms with Crippen LogP contribution in [0, 0.1) is 3.57 Å². The number of halogens is 1. The zero-order valence-electron chi connectivity index (χ0n) is 24.7. The number of carboxylic acid groups (broad SMARTS) is 1. The highest BCUT2D eigenvalue weighted by Gasteiger charge is 2.33. The van der Waals surface area contributed by atoms with Gasteiger partial charge in [0, 0.05) is 5.69 Å². The van der Waals surface area contributed by atoms with E-state index in [1.807, 2.05) is 24.3 Å². The summed E-state index contributed by atoms with van der Waals surface area (Å²) in [4.78, 5) is 44.3. The number of carbonyl (C=O) groups is 3. The lowest BCUT2D eigenvalue weighted by Crippen LogP contribution is -2.28. The van der Waals surface area contributed by atoms with Gasteiger partial charge >= 0.3 is 5.97 Å². The molecule has 5 rings (SSSR count). The molecule has 0 atom stereocenters. The summed E-state index contributed by atoms with van der Waals surface area (Å²) in [6.07, 6.45) is 1.75. The molecule has 1 saturated heterocycles. The van der Waals surface area contributed by atoms with Crippen molar-refractivity contribution < 1.29 is 33.7 Å². The molecule has 0 unspecified atom stereocenters. The highest BCUT2D eigenvalue weighted by Crippen LogP contribution is 2.38. The van der Waals surface area contributed by atoms with Crippen LogP contribution in [0.3, 0.4) is 0 Å². The van der Waals surface area contributed by atoms with E-state index in [4.69, 9.17) is 19.2 Å². The first-order chi connectivity index (χ1) is 22.2. The number of ether oxygens (including phenoxy) is 3. The lowest BCUT2D eigenvalue weighted by atomic mass is 10.1. The van der Waals surface area contributed by atoms with Crippen LogP contribution in [0.2, 0.25) is 0 Å². The molecule has 0 saturated carbocycles. The van der Waals surface area contributed by atoms with Crippen LogP contribution in [0.4, 0.5) is 11.4 Å². The number of aliphatic imine (C=N–C) groups is 1. The number of hydrogen-bond donors (Lipinski definition) is 2. The van der Waals surface area contributed by atoms with Crippen LogP contribution in [0.15, 0.2) is 101 Å². The number of carbonyl (C=O) groups excluding carboxylic acids is 2. The molecule has 4 aromatic carbocycles. The predicted octanol–water partition coefficient (Wildman–Crippen LogP) is 6.83. The maximum atomic E-state index is 13.8. The Morgan fingerprint density at radius 3 is 2.35 bits per heavy atom. The van der Waals surface area contributed by atoms with Gasteiger partial charge in [0.1, 0.15) is 5.75 Å². The fourth-order valence-electron chi connectivity index (χ4n) is 4.40. The SMILES string of the molecule is COc1ccc(N=C2S/C(=C\c3cc(I)c(OCC(=O)Nc4ccccc4)c(OC)c3)C(=O)N2Cc2ccc(C(=O)O)cc2)cc1. The molecule has 4 aromatic rings. The van der Waals surface area contributed by atoms with Gasteiger partial charge in [0.05, 0.1) is 40.5 Å². The summed E-state index contributed by atoms with van der Waals surface area (Å²) in [5, 5.41) is 12.5. The van der Waals surface area contributed by atoms with Gasteiger partial charge in [-0.3, -0.25) is 14.5 Å². The number of methoxy groups -OCH3 is 2. The topological polar surface area (TPSA) is 127 Å². The van der Waals surface area contributed by atoms with Gasteiger partial charge in [-0.05, 0) is 112 Å². The van der Waals surface area contributed by atoms with Crippen LogP contribution >= 0.6 is 34.4 Å². The Morgan fingerprint density at radius 1 is 0.978 bits per heavy atom. The number of carboxylic acids is 1. The highest BCUT2D eigenvalue weighted by molar-refractivity contribution is 14.1. The van der Waals surface area contributed by atoms with Gasteiger partial charge in [-0.2, -0.15) is 0 Å². The number of rotatable bonds is 11. The molecule has 0 spiro atoms. The second-order valence-corrected chi connectivity index (χ2v) is 12.0. The zero-order valence-corrected chi connectivity index (χ0v) is 27.7. The molecular weight excluding hydrogens is 721 g/mol. The fourth-order valence-corrected chi connectivity index (χ4v) is 6.18. The van der Waals surface area contributed by atoms with Crippen LogP contribution in [-0.4, -0.2) is 53.8 Å². The summed E-state index contributed by atoms with van der Waals surface area (Å²) in [6, 6.07) is 26.2. The number of amides is 2. The van der Waals surface area contributed by atoms with E-state index in [2.05, 4.69) is 27.9 Å². The number of amidine groups is 1. The Kier molecular flexibility index (Phi) is 10.6. The van der Waals surface area contributed by atoms with Crippen LogP contribution in [0.5, 0.6) is 17.2 Å². The zero-order chi connectivity index (χ0) is 32.6. The number of aromatic carboxylic acids is 1. The highest BCUT2D eigenvalue weighted by atomic mass is 127. The number of para-hydroxylation sites is 1.